The van der Waals surface area contributed by atoms with E-state index in [-0.39, 0.29) is 31.4 Å². The number of nitrogen functional groups attached to an aromatic ring is 1. The second-order valence-electron chi connectivity index (χ2n) is 8.40. The first-order valence-electron chi connectivity index (χ1n) is 11.5. The number of cyclic esters (lactones) is 1. The summed E-state index contributed by atoms with van der Waals surface area (Å²) in [4.78, 5) is 38.8. The number of hydrogen-bond donors (Lipinski definition) is 4. The zero-order valence-electron chi connectivity index (χ0n) is 19.6. The normalized spacial score (nSPS) is 18.0. The van der Waals surface area contributed by atoms with Crippen LogP contribution in [0.2, 0.25) is 0 Å². The van der Waals surface area contributed by atoms with Crippen molar-refractivity contribution in [2.45, 2.75) is 12.5 Å². The zero-order valence-corrected chi connectivity index (χ0v) is 19.6. The van der Waals surface area contributed by atoms with Gasteiger partial charge in [0.2, 0.25) is 0 Å². The fourth-order valence-corrected chi connectivity index (χ4v) is 3.95. The number of hydrazine groups is 1. The van der Waals surface area contributed by atoms with Gasteiger partial charge >= 0.3 is 18.5 Å². The molecule has 2 aliphatic heterocycles. The molecular formula is C23H26F3N7O4. The lowest BCUT2D eigenvalue weighted by molar-refractivity contribution is -0.132. The third-order valence-corrected chi connectivity index (χ3v) is 5.84. The van der Waals surface area contributed by atoms with Gasteiger partial charge < -0.3 is 26.0 Å². The number of carbonyl (C=O) groups excluding carboxylic acids is 3. The fourth-order valence-electron chi connectivity index (χ4n) is 3.95. The second-order valence-corrected chi connectivity index (χ2v) is 8.40. The molecule has 0 bridgehead atoms. The zero-order chi connectivity index (χ0) is 26.5. The number of benzene rings is 2. The molecule has 11 nitrogen and oxygen atoms in total. The SMILES string of the molecule is Nc1ccc(NC(=O)N2CCN(c3ccc(N4C[C@H](CNC(=O)C(F)F)OC4=O)cc3F)CCN2)cc1. The van der Waals surface area contributed by atoms with Crippen molar-refractivity contribution in [1.82, 2.24) is 15.8 Å². The van der Waals surface area contributed by atoms with Crippen LogP contribution in [0, 0.1) is 5.82 Å². The van der Waals surface area contributed by atoms with Crippen molar-refractivity contribution < 1.29 is 32.3 Å². The minimum absolute atomic E-state index is 0.0349. The molecule has 2 aromatic rings. The maximum absolute atomic E-state index is 15.1. The highest BCUT2D eigenvalue weighted by Crippen LogP contribution is 2.28. The van der Waals surface area contributed by atoms with Crippen molar-refractivity contribution in [3.8, 4) is 0 Å². The van der Waals surface area contributed by atoms with Gasteiger partial charge in [0.05, 0.1) is 31.0 Å². The molecular weight excluding hydrogens is 495 g/mol. The van der Waals surface area contributed by atoms with Gasteiger partial charge in [-0.05, 0) is 42.5 Å². The quantitative estimate of drug-likeness (QED) is 0.428. The van der Waals surface area contributed by atoms with Gasteiger partial charge in [-0.3, -0.25) is 14.7 Å². The fraction of sp³-hybridized carbons (Fsp3) is 0.348. The molecule has 2 fully saturated rings. The molecule has 0 aromatic heterocycles. The van der Waals surface area contributed by atoms with Crippen LogP contribution in [0.25, 0.3) is 0 Å². The highest BCUT2D eigenvalue weighted by Gasteiger charge is 2.33. The van der Waals surface area contributed by atoms with Crippen LogP contribution in [0.15, 0.2) is 42.5 Å². The van der Waals surface area contributed by atoms with Gasteiger partial charge in [-0.15, -0.1) is 0 Å². The Kier molecular flexibility index (Phi) is 7.86. The molecule has 14 heteroatoms. The van der Waals surface area contributed by atoms with E-state index in [4.69, 9.17) is 10.5 Å². The lowest BCUT2D eigenvalue weighted by Crippen LogP contribution is -2.46. The Hall–Kier alpha value is -4.20. The summed E-state index contributed by atoms with van der Waals surface area (Å²) in [6.45, 7) is 1.09. The number of ether oxygens (including phenoxy) is 1. The summed E-state index contributed by atoms with van der Waals surface area (Å²) in [5.41, 5.74) is 10.4. The molecule has 1 atom stereocenters. The monoisotopic (exact) mass is 521 g/mol. The molecule has 2 heterocycles. The summed E-state index contributed by atoms with van der Waals surface area (Å²) in [5.74, 6) is -2.04. The Morgan fingerprint density at radius 2 is 1.89 bits per heavy atom. The number of halogens is 3. The number of urea groups is 1. The van der Waals surface area contributed by atoms with Crippen LogP contribution in [0.1, 0.15) is 0 Å². The molecule has 5 N–H and O–H groups in total. The highest BCUT2D eigenvalue weighted by molar-refractivity contribution is 5.90. The Balaban J connectivity index is 1.34. The molecule has 4 rings (SSSR count). The average Bonchev–Trinajstić information content (AvgIpc) is 3.07. The van der Waals surface area contributed by atoms with E-state index in [1.807, 2.05) is 5.32 Å². The first-order valence-corrected chi connectivity index (χ1v) is 11.5. The molecule has 2 saturated heterocycles. The van der Waals surface area contributed by atoms with Crippen LogP contribution in [0.3, 0.4) is 0 Å². The molecule has 37 heavy (non-hydrogen) atoms. The van der Waals surface area contributed by atoms with Crippen LogP contribution >= 0.6 is 0 Å². The molecule has 2 aromatic carbocycles. The maximum Gasteiger partial charge on any atom is 0.414 e. The number of nitrogens with one attached hydrogen (secondary N) is 3. The number of anilines is 4. The second kappa shape index (κ2) is 11.2. The molecule has 0 radical (unpaired) electrons. The van der Waals surface area contributed by atoms with Crippen LogP contribution in [-0.2, 0) is 9.53 Å². The maximum atomic E-state index is 15.1. The Morgan fingerprint density at radius 3 is 2.59 bits per heavy atom. The predicted octanol–water partition coefficient (Wildman–Crippen LogP) is 1.97. The molecule has 198 valence electrons. The number of rotatable bonds is 6. The molecule has 0 aliphatic carbocycles. The summed E-state index contributed by atoms with van der Waals surface area (Å²) < 4.78 is 44.8. The lowest BCUT2D eigenvalue weighted by Gasteiger charge is -2.24. The number of nitrogens with two attached hydrogens (primary N) is 1. The number of alkyl halides is 2. The lowest BCUT2D eigenvalue weighted by atomic mass is 10.2. The summed E-state index contributed by atoms with van der Waals surface area (Å²) in [5, 5.41) is 6.18. The number of hydrogen-bond acceptors (Lipinski definition) is 7. The number of nitrogens with zero attached hydrogens (tertiary/aromatic N) is 3. The Morgan fingerprint density at radius 1 is 1.14 bits per heavy atom. The van der Waals surface area contributed by atoms with Crippen LogP contribution in [0.4, 0.5) is 45.5 Å². The van der Waals surface area contributed by atoms with E-state index in [0.29, 0.717) is 36.7 Å². The third-order valence-electron chi connectivity index (χ3n) is 5.84. The van der Waals surface area contributed by atoms with Gasteiger partial charge in [0.25, 0.3) is 5.91 Å². The van der Waals surface area contributed by atoms with Crippen molar-refractivity contribution in [2.24, 2.45) is 0 Å². The van der Waals surface area contributed by atoms with Crippen LogP contribution in [0.5, 0.6) is 0 Å². The van der Waals surface area contributed by atoms with Crippen molar-refractivity contribution >= 4 is 40.8 Å². The largest absolute Gasteiger partial charge is 0.442 e. The van der Waals surface area contributed by atoms with Crippen molar-refractivity contribution in [2.75, 3.05) is 60.1 Å². The van der Waals surface area contributed by atoms with Crippen molar-refractivity contribution in [1.29, 1.82) is 0 Å². The third kappa shape index (κ3) is 6.33. The molecule has 4 amide bonds. The smallest absolute Gasteiger partial charge is 0.414 e. The molecule has 0 unspecified atom stereocenters. The predicted molar refractivity (Wildman–Crippen MR) is 130 cm³/mol. The van der Waals surface area contributed by atoms with Gasteiger partial charge in [0.15, 0.2) is 0 Å². The van der Waals surface area contributed by atoms with Gasteiger partial charge in [0, 0.05) is 31.0 Å². The minimum atomic E-state index is -3.17. The first kappa shape index (κ1) is 25.9. The van der Waals surface area contributed by atoms with Crippen molar-refractivity contribution in [3.63, 3.8) is 0 Å². The van der Waals surface area contributed by atoms with Crippen LogP contribution in [-0.4, -0.2) is 74.8 Å². The van der Waals surface area contributed by atoms with E-state index < -0.39 is 30.3 Å². The van der Waals surface area contributed by atoms with E-state index in [9.17, 15) is 23.2 Å². The summed E-state index contributed by atoms with van der Waals surface area (Å²) in [7, 11) is 0. The summed E-state index contributed by atoms with van der Waals surface area (Å²) in [6, 6.07) is 10.6. The van der Waals surface area contributed by atoms with E-state index in [1.54, 1.807) is 35.2 Å². The average molecular weight is 522 g/mol. The van der Waals surface area contributed by atoms with Crippen LogP contribution < -0.4 is 31.6 Å². The van der Waals surface area contributed by atoms with E-state index in [0.717, 1.165) is 0 Å². The number of carbonyl (C=O) groups is 3. The summed E-state index contributed by atoms with van der Waals surface area (Å²) >= 11 is 0. The van der Waals surface area contributed by atoms with Gasteiger partial charge in [-0.2, -0.15) is 8.78 Å². The highest BCUT2D eigenvalue weighted by atomic mass is 19.3. The van der Waals surface area contributed by atoms with Gasteiger partial charge in [-0.25, -0.2) is 19.4 Å². The standard InChI is InChI=1S/C23H26F3N7O4/c24-18-11-16(32-13-17(37-23(32)36)12-28-21(34)20(25)26)5-6-19(18)31-8-7-29-33(10-9-31)22(35)30-15-3-1-14(27)2-4-15/h1-6,11,17,20,29H,7-10,12-13,27H2,(H,28,34)(H,30,35)/t17-/m0/s1. The van der Waals surface area contributed by atoms with Gasteiger partial charge in [-0.1, -0.05) is 0 Å². The Bertz CT molecular complexity index is 1150. The Labute approximate surface area is 210 Å². The van der Waals surface area contributed by atoms with Crippen molar-refractivity contribution in [3.05, 3.63) is 48.3 Å². The minimum Gasteiger partial charge on any atom is -0.442 e. The van der Waals surface area contributed by atoms with E-state index in [2.05, 4.69) is 10.7 Å². The van der Waals surface area contributed by atoms with Gasteiger partial charge in [0.1, 0.15) is 11.9 Å². The number of amides is 4. The first-order chi connectivity index (χ1) is 17.7. The van der Waals surface area contributed by atoms with E-state index >= 15 is 4.39 Å². The molecule has 2 aliphatic rings. The topological polar surface area (TPSA) is 132 Å². The molecule has 0 saturated carbocycles. The molecule has 0 spiro atoms. The summed E-state index contributed by atoms with van der Waals surface area (Å²) in [6.07, 6.45) is -4.79. The van der Waals surface area contributed by atoms with E-state index in [1.165, 1.54) is 22.0 Å².